The average Bonchev–Trinajstić information content (AvgIpc) is 2.44. The highest BCUT2D eigenvalue weighted by Crippen LogP contribution is 2.15. The Morgan fingerprint density at radius 2 is 2.16 bits per heavy atom. The summed E-state index contributed by atoms with van der Waals surface area (Å²) >= 11 is 0. The average molecular weight is 265 g/mol. The van der Waals surface area contributed by atoms with Crippen LogP contribution in [0.1, 0.15) is 19.4 Å². The van der Waals surface area contributed by atoms with Gasteiger partial charge in [0.1, 0.15) is 0 Å². The number of benzene rings is 1. The van der Waals surface area contributed by atoms with Crippen LogP contribution in [-0.2, 0) is 11.3 Å². The Hall–Kier alpha value is -1.43. The van der Waals surface area contributed by atoms with E-state index < -0.39 is 0 Å². The van der Waals surface area contributed by atoms with E-state index in [4.69, 9.17) is 10.8 Å². The van der Waals surface area contributed by atoms with E-state index in [0.717, 1.165) is 11.3 Å². The van der Waals surface area contributed by atoms with Gasteiger partial charge in [0.05, 0.1) is 12.6 Å². The molecule has 106 valence electrons. The molecule has 0 aliphatic heterocycles. The van der Waals surface area contributed by atoms with E-state index in [1.54, 1.807) is 0 Å². The Balaban J connectivity index is 2.73. The standard InChI is InChI=1S/C14H23N3O2/c1-3-17(8-9-18)11(2)14(19)16-13-7-5-4-6-12(13)10-15/h4-7,11,18H,3,8-10,15H2,1-2H3,(H,16,19). The fourth-order valence-corrected chi connectivity index (χ4v) is 1.98. The number of nitrogens with two attached hydrogens (primary N) is 1. The minimum atomic E-state index is -0.289. The van der Waals surface area contributed by atoms with Gasteiger partial charge in [-0.3, -0.25) is 9.69 Å². The topological polar surface area (TPSA) is 78.6 Å². The van der Waals surface area contributed by atoms with E-state index >= 15 is 0 Å². The molecule has 0 heterocycles. The number of hydrogen-bond donors (Lipinski definition) is 3. The van der Waals surface area contributed by atoms with Crippen molar-refractivity contribution in [3.8, 4) is 0 Å². The Labute approximate surface area is 114 Å². The molecule has 0 radical (unpaired) electrons. The predicted molar refractivity (Wildman–Crippen MR) is 76.8 cm³/mol. The zero-order valence-corrected chi connectivity index (χ0v) is 11.6. The highest BCUT2D eigenvalue weighted by molar-refractivity contribution is 5.95. The summed E-state index contributed by atoms with van der Waals surface area (Å²) in [5.41, 5.74) is 7.30. The highest BCUT2D eigenvalue weighted by atomic mass is 16.3. The number of amides is 1. The van der Waals surface area contributed by atoms with E-state index in [0.29, 0.717) is 19.6 Å². The van der Waals surface area contributed by atoms with Crippen molar-refractivity contribution in [2.45, 2.75) is 26.4 Å². The Kier molecular flexibility index (Phi) is 6.49. The molecule has 0 bridgehead atoms. The highest BCUT2D eigenvalue weighted by Gasteiger charge is 2.20. The van der Waals surface area contributed by atoms with E-state index in [1.165, 1.54) is 0 Å². The molecule has 0 saturated heterocycles. The van der Waals surface area contributed by atoms with E-state index in [-0.39, 0.29) is 18.6 Å². The molecule has 1 rings (SSSR count). The monoisotopic (exact) mass is 265 g/mol. The van der Waals surface area contributed by atoms with Crippen molar-refractivity contribution in [2.24, 2.45) is 5.73 Å². The molecule has 1 amide bonds. The largest absolute Gasteiger partial charge is 0.395 e. The first-order valence-electron chi connectivity index (χ1n) is 6.57. The molecule has 0 saturated carbocycles. The molecule has 19 heavy (non-hydrogen) atoms. The van der Waals surface area contributed by atoms with E-state index in [1.807, 2.05) is 43.0 Å². The fraction of sp³-hybridized carbons (Fsp3) is 0.500. The minimum absolute atomic E-state index is 0.0465. The number of aliphatic hydroxyl groups excluding tert-OH is 1. The summed E-state index contributed by atoms with van der Waals surface area (Å²) in [5.74, 6) is -0.0869. The number of anilines is 1. The van der Waals surface area contributed by atoms with Gasteiger partial charge in [-0.05, 0) is 25.1 Å². The first kappa shape index (κ1) is 15.6. The molecule has 0 aromatic heterocycles. The lowest BCUT2D eigenvalue weighted by Crippen LogP contribution is -2.43. The lowest BCUT2D eigenvalue weighted by molar-refractivity contribution is -0.120. The number of aliphatic hydroxyl groups is 1. The quantitative estimate of drug-likeness (QED) is 0.681. The number of likely N-dealkylation sites (N-methyl/N-ethyl adjacent to an activating group) is 1. The number of hydrogen-bond acceptors (Lipinski definition) is 4. The van der Waals surface area contributed by atoms with Crippen molar-refractivity contribution >= 4 is 11.6 Å². The van der Waals surface area contributed by atoms with Gasteiger partial charge < -0.3 is 16.2 Å². The predicted octanol–water partition coefficient (Wildman–Crippen LogP) is 0.786. The summed E-state index contributed by atoms with van der Waals surface area (Å²) in [6.07, 6.45) is 0. The molecule has 1 aromatic carbocycles. The first-order chi connectivity index (χ1) is 9.13. The third kappa shape index (κ3) is 4.31. The summed E-state index contributed by atoms with van der Waals surface area (Å²) in [5, 5.41) is 11.9. The molecule has 1 aromatic rings. The fourth-order valence-electron chi connectivity index (χ4n) is 1.98. The van der Waals surface area contributed by atoms with Crippen LogP contribution in [0.3, 0.4) is 0 Å². The molecule has 0 aliphatic carbocycles. The second-order valence-corrected chi connectivity index (χ2v) is 4.38. The van der Waals surface area contributed by atoms with Crippen molar-refractivity contribution in [3.05, 3.63) is 29.8 Å². The number of nitrogens with one attached hydrogen (secondary N) is 1. The van der Waals surface area contributed by atoms with Gasteiger partial charge in [0.25, 0.3) is 0 Å². The second-order valence-electron chi connectivity index (χ2n) is 4.38. The molecule has 5 heteroatoms. The van der Waals surface area contributed by atoms with Gasteiger partial charge in [-0.25, -0.2) is 0 Å². The Morgan fingerprint density at radius 1 is 1.47 bits per heavy atom. The van der Waals surface area contributed by atoms with Crippen LogP contribution in [0.4, 0.5) is 5.69 Å². The number of rotatable bonds is 7. The van der Waals surface area contributed by atoms with Gasteiger partial charge in [0, 0.05) is 18.8 Å². The first-order valence-corrected chi connectivity index (χ1v) is 6.57. The molecule has 0 spiro atoms. The van der Waals surface area contributed by atoms with E-state index in [2.05, 4.69) is 5.32 Å². The zero-order chi connectivity index (χ0) is 14.3. The van der Waals surface area contributed by atoms with Crippen molar-refractivity contribution in [3.63, 3.8) is 0 Å². The van der Waals surface area contributed by atoms with Gasteiger partial charge >= 0.3 is 0 Å². The van der Waals surface area contributed by atoms with Crippen LogP contribution < -0.4 is 11.1 Å². The summed E-state index contributed by atoms with van der Waals surface area (Å²) in [7, 11) is 0. The van der Waals surface area contributed by atoms with Crippen LogP contribution in [0.15, 0.2) is 24.3 Å². The third-order valence-corrected chi connectivity index (χ3v) is 3.22. The van der Waals surface area contributed by atoms with Gasteiger partial charge in [0.2, 0.25) is 5.91 Å². The van der Waals surface area contributed by atoms with Crippen LogP contribution in [0.2, 0.25) is 0 Å². The lowest BCUT2D eigenvalue weighted by atomic mass is 10.1. The summed E-state index contributed by atoms with van der Waals surface area (Å²) in [4.78, 5) is 14.1. The van der Waals surface area contributed by atoms with Crippen LogP contribution in [0, 0.1) is 0 Å². The molecule has 4 N–H and O–H groups in total. The van der Waals surface area contributed by atoms with Crippen molar-refractivity contribution < 1.29 is 9.90 Å². The SMILES string of the molecule is CCN(CCO)C(C)C(=O)Nc1ccccc1CN. The molecule has 1 atom stereocenters. The van der Waals surface area contributed by atoms with Crippen LogP contribution >= 0.6 is 0 Å². The number of nitrogens with zero attached hydrogens (tertiary/aromatic N) is 1. The number of carbonyl (C=O) groups excluding carboxylic acids is 1. The molecule has 5 nitrogen and oxygen atoms in total. The molecule has 0 fully saturated rings. The number of carbonyl (C=O) groups is 1. The smallest absolute Gasteiger partial charge is 0.241 e. The summed E-state index contributed by atoms with van der Waals surface area (Å²) < 4.78 is 0. The Morgan fingerprint density at radius 3 is 2.74 bits per heavy atom. The van der Waals surface area contributed by atoms with Crippen LogP contribution in [0.25, 0.3) is 0 Å². The Bertz CT molecular complexity index is 409. The normalized spacial score (nSPS) is 12.5. The molecule has 1 unspecified atom stereocenters. The third-order valence-electron chi connectivity index (χ3n) is 3.22. The maximum absolute atomic E-state index is 12.2. The maximum Gasteiger partial charge on any atom is 0.241 e. The number of para-hydroxylation sites is 1. The summed E-state index contributed by atoms with van der Waals surface area (Å²) in [6, 6.07) is 7.21. The van der Waals surface area contributed by atoms with Crippen LogP contribution in [0.5, 0.6) is 0 Å². The van der Waals surface area contributed by atoms with Gasteiger partial charge in [-0.15, -0.1) is 0 Å². The van der Waals surface area contributed by atoms with Gasteiger partial charge in [0.15, 0.2) is 0 Å². The van der Waals surface area contributed by atoms with Crippen molar-refractivity contribution in [2.75, 3.05) is 25.0 Å². The van der Waals surface area contributed by atoms with Gasteiger partial charge in [-0.1, -0.05) is 25.1 Å². The lowest BCUT2D eigenvalue weighted by Gasteiger charge is -2.26. The maximum atomic E-state index is 12.2. The van der Waals surface area contributed by atoms with Crippen molar-refractivity contribution in [1.82, 2.24) is 4.90 Å². The van der Waals surface area contributed by atoms with E-state index in [9.17, 15) is 4.79 Å². The zero-order valence-electron chi connectivity index (χ0n) is 11.6. The molecular weight excluding hydrogens is 242 g/mol. The minimum Gasteiger partial charge on any atom is -0.395 e. The molecular formula is C14H23N3O2. The second kappa shape index (κ2) is 7.89. The van der Waals surface area contributed by atoms with Gasteiger partial charge in [-0.2, -0.15) is 0 Å². The summed E-state index contributed by atoms with van der Waals surface area (Å²) in [6.45, 7) is 5.44. The molecule has 0 aliphatic rings. The van der Waals surface area contributed by atoms with Crippen LogP contribution in [-0.4, -0.2) is 41.7 Å². The van der Waals surface area contributed by atoms with Crippen molar-refractivity contribution in [1.29, 1.82) is 0 Å².